The number of nitrogens with zero attached hydrogens (tertiary/aromatic N) is 5. The highest BCUT2D eigenvalue weighted by molar-refractivity contribution is 6.31. The van der Waals surface area contributed by atoms with Gasteiger partial charge in [-0.2, -0.15) is 9.78 Å². The van der Waals surface area contributed by atoms with Crippen molar-refractivity contribution in [3.63, 3.8) is 0 Å². The van der Waals surface area contributed by atoms with Crippen LogP contribution in [0.2, 0.25) is 5.02 Å². The number of amides is 2. The minimum Gasteiger partial charge on any atom is -0.406 e. The lowest BCUT2D eigenvalue weighted by atomic mass is 10.2. The summed E-state index contributed by atoms with van der Waals surface area (Å²) < 4.78 is 42.4. The van der Waals surface area contributed by atoms with Gasteiger partial charge in [-0.15, -0.1) is 13.2 Å². The van der Waals surface area contributed by atoms with Crippen molar-refractivity contribution in [1.29, 1.82) is 0 Å². The summed E-state index contributed by atoms with van der Waals surface area (Å²) in [5.74, 6) is -1.76. The molecule has 2 heterocycles. The van der Waals surface area contributed by atoms with Crippen LogP contribution in [0.1, 0.15) is 39.6 Å². The molecule has 0 saturated carbocycles. The van der Waals surface area contributed by atoms with Crippen molar-refractivity contribution < 1.29 is 27.5 Å². The molecular formula is C17H13ClF3N7O3. The van der Waals surface area contributed by atoms with E-state index in [1.54, 1.807) is 6.92 Å². The Hall–Kier alpha value is -3.74. The SMILES string of the molecule is C[C@H](NC(=O)c1cc(Cl)cc(OC(F)(F)F)c1)c1ncnn1-c1cc(C(N)=O)ncn1. The Balaban J connectivity index is 1.83. The molecule has 0 aliphatic rings. The maximum atomic E-state index is 12.6. The fourth-order valence-corrected chi connectivity index (χ4v) is 2.78. The van der Waals surface area contributed by atoms with Crippen molar-refractivity contribution in [3.8, 4) is 11.6 Å². The highest BCUT2D eigenvalue weighted by Crippen LogP contribution is 2.27. The number of primary amides is 1. The highest BCUT2D eigenvalue weighted by atomic mass is 35.5. The first-order valence-electron chi connectivity index (χ1n) is 8.43. The van der Waals surface area contributed by atoms with Crippen LogP contribution in [0.3, 0.4) is 0 Å². The molecule has 14 heteroatoms. The summed E-state index contributed by atoms with van der Waals surface area (Å²) in [5, 5.41) is 6.45. The van der Waals surface area contributed by atoms with E-state index in [0.29, 0.717) is 0 Å². The van der Waals surface area contributed by atoms with E-state index in [1.807, 2.05) is 0 Å². The molecule has 0 radical (unpaired) electrons. The number of hydrogen-bond donors (Lipinski definition) is 2. The molecular weight excluding hydrogens is 443 g/mol. The molecule has 0 bridgehead atoms. The van der Waals surface area contributed by atoms with Crippen molar-refractivity contribution >= 4 is 23.4 Å². The van der Waals surface area contributed by atoms with Gasteiger partial charge in [0.2, 0.25) is 0 Å². The summed E-state index contributed by atoms with van der Waals surface area (Å²) in [6.07, 6.45) is -2.64. The number of ether oxygens (including phenoxy) is 1. The Kier molecular flexibility index (Phi) is 6.06. The van der Waals surface area contributed by atoms with Gasteiger partial charge < -0.3 is 15.8 Å². The largest absolute Gasteiger partial charge is 0.573 e. The second-order valence-corrected chi connectivity index (χ2v) is 6.51. The average Bonchev–Trinajstić information content (AvgIpc) is 3.16. The van der Waals surface area contributed by atoms with Crippen LogP contribution in [-0.4, -0.2) is 42.9 Å². The van der Waals surface area contributed by atoms with Gasteiger partial charge >= 0.3 is 6.36 Å². The van der Waals surface area contributed by atoms with Gasteiger partial charge in [-0.05, 0) is 25.1 Å². The van der Waals surface area contributed by atoms with Crippen LogP contribution in [0.25, 0.3) is 5.82 Å². The molecule has 0 saturated heterocycles. The first-order chi connectivity index (χ1) is 14.5. The van der Waals surface area contributed by atoms with Gasteiger partial charge in [0.05, 0.1) is 6.04 Å². The van der Waals surface area contributed by atoms with E-state index in [9.17, 15) is 22.8 Å². The second kappa shape index (κ2) is 8.55. The number of aromatic nitrogens is 5. The third kappa shape index (κ3) is 5.45. The van der Waals surface area contributed by atoms with Crippen molar-refractivity contribution in [3.05, 3.63) is 59.0 Å². The van der Waals surface area contributed by atoms with E-state index in [2.05, 4.69) is 30.1 Å². The van der Waals surface area contributed by atoms with Crippen molar-refractivity contribution in [2.45, 2.75) is 19.3 Å². The number of nitrogens with two attached hydrogens (primary N) is 1. The van der Waals surface area contributed by atoms with Gasteiger partial charge in [-0.1, -0.05) is 11.6 Å². The number of carbonyl (C=O) groups excluding carboxylic acids is 2. The van der Waals surface area contributed by atoms with Gasteiger partial charge in [0.15, 0.2) is 11.6 Å². The monoisotopic (exact) mass is 455 g/mol. The molecule has 2 aromatic heterocycles. The molecule has 1 atom stereocenters. The van der Waals surface area contributed by atoms with Gasteiger partial charge in [0.1, 0.15) is 24.1 Å². The van der Waals surface area contributed by atoms with Gasteiger partial charge in [-0.25, -0.2) is 15.0 Å². The lowest BCUT2D eigenvalue weighted by Crippen LogP contribution is -2.29. The van der Waals surface area contributed by atoms with Crippen molar-refractivity contribution in [1.82, 2.24) is 30.0 Å². The number of alkyl halides is 3. The standard InChI is InChI=1S/C17H13ClF3N7O3/c1-8(15-25-7-26-28(15)13-5-12(14(22)29)23-6-24-13)27-16(30)9-2-10(18)4-11(3-9)31-17(19,20)21/h2-8H,1H3,(H2,22,29)(H,27,30)/t8-/m0/s1. The summed E-state index contributed by atoms with van der Waals surface area (Å²) in [6.45, 7) is 1.56. The molecule has 1 aromatic carbocycles. The Labute approximate surface area is 177 Å². The van der Waals surface area contributed by atoms with E-state index in [0.717, 1.165) is 18.5 Å². The minimum absolute atomic E-state index is 0.0562. The quantitative estimate of drug-likeness (QED) is 0.581. The molecule has 3 rings (SSSR count). The highest BCUT2D eigenvalue weighted by Gasteiger charge is 2.31. The van der Waals surface area contributed by atoms with E-state index in [4.69, 9.17) is 17.3 Å². The normalized spacial score (nSPS) is 12.3. The Morgan fingerprint density at radius 3 is 2.58 bits per heavy atom. The lowest BCUT2D eigenvalue weighted by molar-refractivity contribution is -0.274. The Morgan fingerprint density at radius 2 is 1.90 bits per heavy atom. The molecule has 162 valence electrons. The van der Waals surface area contributed by atoms with Gasteiger partial charge in [0.25, 0.3) is 11.8 Å². The number of rotatable bonds is 6. The van der Waals surface area contributed by atoms with Crippen LogP contribution in [0.4, 0.5) is 13.2 Å². The van der Waals surface area contributed by atoms with Gasteiger partial charge in [0, 0.05) is 16.7 Å². The molecule has 0 unspecified atom stereocenters. The third-order valence-electron chi connectivity index (χ3n) is 3.80. The zero-order valence-corrected chi connectivity index (χ0v) is 16.3. The first kappa shape index (κ1) is 22.0. The van der Waals surface area contributed by atoms with E-state index < -0.39 is 30.0 Å². The topological polar surface area (TPSA) is 138 Å². The molecule has 0 aliphatic heterocycles. The lowest BCUT2D eigenvalue weighted by Gasteiger charge is -2.15. The zero-order chi connectivity index (χ0) is 22.8. The zero-order valence-electron chi connectivity index (χ0n) is 15.6. The number of hydrogen-bond acceptors (Lipinski definition) is 7. The number of halogens is 4. The van der Waals surface area contributed by atoms with Gasteiger partial charge in [-0.3, -0.25) is 9.59 Å². The molecule has 3 N–H and O–H groups in total. The van der Waals surface area contributed by atoms with Crippen molar-refractivity contribution in [2.75, 3.05) is 0 Å². The van der Waals surface area contributed by atoms with Crippen LogP contribution in [0.15, 0.2) is 36.9 Å². The number of benzene rings is 1. The molecule has 3 aromatic rings. The van der Waals surface area contributed by atoms with E-state index in [1.165, 1.54) is 23.1 Å². The van der Waals surface area contributed by atoms with Crippen LogP contribution in [-0.2, 0) is 0 Å². The third-order valence-corrected chi connectivity index (χ3v) is 4.02. The summed E-state index contributed by atoms with van der Waals surface area (Å²) in [4.78, 5) is 35.7. The van der Waals surface area contributed by atoms with Crippen LogP contribution in [0, 0.1) is 0 Å². The molecule has 0 aliphatic carbocycles. The number of carbonyl (C=O) groups is 2. The molecule has 2 amide bonds. The fraction of sp³-hybridized carbons (Fsp3) is 0.176. The number of nitrogens with one attached hydrogen (secondary N) is 1. The predicted molar refractivity (Wildman–Crippen MR) is 99.5 cm³/mol. The Bertz CT molecular complexity index is 1140. The second-order valence-electron chi connectivity index (χ2n) is 6.07. The summed E-state index contributed by atoms with van der Waals surface area (Å²) >= 11 is 5.80. The molecule has 0 fully saturated rings. The smallest absolute Gasteiger partial charge is 0.406 e. The van der Waals surface area contributed by atoms with Crippen LogP contribution in [0.5, 0.6) is 5.75 Å². The minimum atomic E-state index is -4.94. The average molecular weight is 456 g/mol. The van der Waals surface area contributed by atoms with Crippen LogP contribution >= 0.6 is 11.6 Å². The maximum absolute atomic E-state index is 12.6. The summed E-state index contributed by atoms with van der Waals surface area (Å²) in [6, 6.07) is 3.52. The Morgan fingerprint density at radius 1 is 1.16 bits per heavy atom. The van der Waals surface area contributed by atoms with E-state index in [-0.39, 0.29) is 27.9 Å². The van der Waals surface area contributed by atoms with Crippen LogP contribution < -0.4 is 15.8 Å². The molecule has 0 spiro atoms. The van der Waals surface area contributed by atoms with Crippen molar-refractivity contribution in [2.24, 2.45) is 5.73 Å². The summed E-state index contributed by atoms with van der Waals surface area (Å²) in [7, 11) is 0. The first-order valence-corrected chi connectivity index (χ1v) is 8.80. The molecule has 31 heavy (non-hydrogen) atoms. The summed E-state index contributed by atoms with van der Waals surface area (Å²) in [5.41, 5.74) is 4.98. The maximum Gasteiger partial charge on any atom is 0.573 e. The van der Waals surface area contributed by atoms with E-state index >= 15 is 0 Å². The fourth-order valence-electron chi connectivity index (χ4n) is 2.55. The molecule has 10 nitrogen and oxygen atoms in total. The predicted octanol–water partition coefficient (Wildman–Crippen LogP) is 2.20.